The van der Waals surface area contributed by atoms with Crippen LogP contribution in [-0.2, 0) is 21.4 Å². The summed E-state index contributed by atoms with van der Waals surface area (Å²) < 4.78 is 51.8. The van der Waals surface area contributed by atoms with Gasteiger partial charge < -0.3 is 14.4 Å². The fourth-order valence-corrected chi connectivity index (χ4v) is 5.22. The molecule has 2 aromatic carbocycles. The second kappa shape index (κ2) is 8.99. The first-order valence-electron chi connectivity index (χ1n) is 10.6. The summed E-state index contributed by atoms with van der Waals surface area (Å²) in [6, 6.07) is 10.3. The minimum absolute atomic E-state index is 0.119. The monoisotopic (exact) mass is 488 g/mol. The molecule has 5 rings (SSSR count). The molecule has 178 valence electrons. The van der Waals surface area contributed by atoms with Gasteiger partial charge in [-0.1, -0.05) is 12.1 Å². The van der Waals surface area contributed by atoms with Crippen molar-refractivity contribution >= 4 is 15.9 Å². The maximum atomic E-state index is 13.4. The topological polar surface area (TPSA) is 120 Å². The Balaban J connectivity index is 1.20. The third kappa shape index (κ3) is 4.43. The maximum absolute atomic E-state index is 13.4. The Hall–Kier alpha value is -3.58. The fraction of sp³-hybridized carbons (Fsp3) is 0.333. The maximum Gasteiger partial charge on any atom is 0.246 e. The highest BCUT2D eigenvalue weighted by atomic mass is 32.2. The second-order valence-electron chi connectivity index (χ2n) is 7.74. The highest BCUT2D eigenvalue weighted by molar-refractivity contribution is 7.89. The van der Waals surface area contributed by atoms with E-state index in [0.29, 0.717) is 30.3 Å². The lowest BCUT2D eigenvalue weighted by Gasteiger charge is -2.34. The number of carbonyl (C=O) groups is 1. The van der Waals surface area contributed by atoms with Crippen LogP contribution in [0.25, 0.3) is 11.4 Å². The smallest absolute Gasteiger partial charge is 0.246 e. The average molecular weight is 489 g/mol. The lowest BCUT2D eigenvalue weighted by Crippen LogP contribution is -2.51. The van der Waals surface area contributed by atoms with Crippen LogP contribution in [0.2, 0.25) is 0 Å². The van der Waals surface area contributed by atoms with Crippen molar-refractivity contribution in [1.82, 2.24) is 29.4 Å². The van der Waals surface area contributed by atoms with E-state index in [0.717, 1.165) is 4.80 Å². The number of sulfonamides is 1. The number of hydrogen-bond donors (Lipinski definition) is 0. The summed E-state index contributed by atoms with van der Waals surface area (Å²) in [4.78, 5) is 15.5. The molecule has 0 radical (unpaired) electrons. The van der Waals surface area contributed by atoms with E-state index in [4.69, 9.17) is 9.47 Å². The van der Waals surface area contributed by atoms with E-state index in [1.54, 1.807) is 17.0 Å². The Kier molecular flexibility index (Phi) is 5.87. The zero-order valence-electron chi connectivity index (χ0n) is 18.0. The number of aromatic nitrogens is 4. The van der Waals surface area contributed by atoms with Crippen molar-refractivity contribution in [2.24, 2.45) is 0 Å². The molecule has 0 N–H and O–H groups in total. The van der Waals surface area contributed by atoms with Gasteiger partial charge in [0, 0.05) is 37.8 Å². The van der Waals surface area contributed by atoms with Crippen molar-refractivity contribution in [3.05, 3.63) is 48.3 Å². The summed E-state index contributed by atoms with van der Waals surface area (Å²) in [6.45, 7) is 1.40. The Morgan fingerprint density at radius 1 is 1.00 bits per heavy atom. The molecule has 1 amide bonds. The van der Waals surface area contributed by atoms with Crippen LogP contribution in [0.4, 0.5) is 4.39 Å². The number of piperazine rings is 1. The van der Waals surface area contributed by atoms with Gasteiger partial charge in [-0.3, -0.25) is 4.79 Å². The molecule has 0 bridgehead atoms. The predicted molar refractivity (Wildman–Crippen MR) is 116 cm³/mol. The zero-order valence-corrected chi connectivity index (χ0v) is 18.8. The number of fused-ring (bicyclic) bond motifs is 1. The molecule has 0 aliphatic carbocycles. The van der Waals surface area contributed by atoms with Gasteiger partial charge in [0.1, 0.15) is 25.6 Å². The van der Waals surface area contributed by atoms with Crippen LogP contribution < -0.4 is 9.47 Å². The van der Waals surface area contributed by atoms with Crippen molar-refractivity contribution in [3.63, 3.8) is 0 Å². The molecule has 1 fully saturated rings. The first kappa shape index (κ1) is 22.2. The lowest BCUT2D eigenvalue weighted by atomic mass is 10.2. The van der Waals surface area contributed by atoms with Gasteiger partial charge in [0.15, 0.2) is 11.5 Å². The number of benzene rings is 2. The lowest BCUT2D eigenvalue weighted by molar-refractivity contribution is -0.133. The zero-order chi connectivity index (χ0) is 23.7. The fourth-order valence-electron chi connectivity index (χ4n) is 3.79. The third-order valence-electron chi connectivity index (χ3n) is 5.56. The average Bonchev–Trinajstić information content (AvgIpc) is 3.32. The minimum Gasteiger partial charge on any atom is -0.486 e. The molecular formula is C21H21FN6O5S. The molecule has 3 aromatic rings. The first-order chi connectivity index (χ1) is 16.4. The van der Waals surface area contributed by atoms with E-state index in [1.807, 2.05) is 0 Å². The number of nitrogens with zero attached hydrogens (tertiary/aromatic N) is 6. The number of hydrogen-bond acceptors (Lipinski definition) is 8. The summed E-state index contributed by atoms with van der Waals surface area (Å²) >= 11 is 0. The highest BCUT2D eigenvalue weighted by Crippen LogP contribution is 2.33. The van der Waals surface area contributed by atoms with E-state index >= 15 is 0 Å². The Bertz CT molecular complexity index is 1320. The normalized spacial score (nSPS) is 16.4. The Labute approximate surface area is 194 Å². The standard InChI is InChI=1S/C21H21FN6O5S/c22-16-3-1-2-15(12-16)21-23-25-28(24-21)14-20(29)26-6-8-27(9-7-26)34(30,31)17-4-5-18-19(13-17)33-11-10-32-18/h1-5,12-13H,6-11,14H2. The van der Waals surface area contributed by atoms with Gasteiger partial charge in [-0.05, 0) is 29.5 Å². The number of halogens is 1. The predicted octanol–water partition coefficient (Wildman–Crippen LogP) is 0.783. The molecule has 34 heavy (non-hydrogen) atoms. The van der Waals surface area contributed by atoms with Gasteiger partial charge >= 0.3 is 0 Å². The molecule has 1 saturated heterocycles. The summed E-state index contributed by atoms with van der Waals surface area (Å²) in [5.41, 5.74) is 0.455. The van der Waals surface area contributed by atoms with Gasteiger partial charge in [-0.15, -0.1) is 10.2 Å². The molecule has 13 heteroatoms. The van der Waals surface area contributed by atoms with Crippen LogP contribution in [-0.4, -0.2) is 83.1 Å². The molecule has 0 spiro atoms. The summed E-state index contributed by atoms with van der Waals surface area (Å²) in [5, 5.41) is 11.9. The number of ether oxygens (including phenoxy) is 2. The highest BCUT2D eigenvalue weighted by Gasteiger charge is 2.31. The van der Waals surface area contributed by atoms with Crippen LogP contribution in [0.1, 0.15) is 0 Å². The van der Waals surface area contributed by atoms with Crippen molar-refractivity contribution in [2.75, 3.05) is 39.4 Å². The summed E-state index contributed by atoms with van der Waals surface area (Å²) in [6.07, 6.45) is 0. The van der Waals surface area contributed by atoms with Crippen molar-refractivity contribution in [1.29, 1.82) is 0 Å². The van der Waals surface area contributed by atoms with Crippen molar-refractivity contribution in [3.8, 4) is 22.9 Å². The molecule has 2 aliphatic heterocycles. The van der Waals surface area contributed by atoms with Gasteiger partial charge in [-0.2, -0.15) is 9.10 Å². The molecule has 0 atom stereocenters. The Morgan fingerprint density at radius 2 is 1.76 bits per heavy atom. The summed E-state index contributed by atoms with van der Waals surface area (Å²) in [5.74, 6) is 0.443. The number of rotatable bonds is 5. The number of amides is 1. The van der Waals surface area contributed by atoms with E-state index in [9.17, 15) is 17.6 Å². The van der Waals surface area contributed by atoms with E-state index in [2.05, 4.69) is 15.4 Å². The van der Waals surface area contributed by atoms with E-state index < -0.39 is 15.8 Å². The molecule has 2 aliphatic rings. The quantitative estimate of drug-likeness (QED) is 0.517. The molecule has 0 unspecified atom stereocenters. The molecule has 0 saturated carbocycles. The SMILES string of the molecule is O=C(Cn1nnc(-c2cccc(F)c2)n1)N1CCN(S(=O)(=O)c2ccc3c(c2)OCCO3)CC1. The molecular weight excluding hydrogens is 467 g/mol. The van der Waals surface area contributed by atoms with Gasteiger partial charge in [-0.25, -0.2) is 12.8 Å². The third-order valence-corrected chi connectivity index (χ3v) is 7.45. The molecule has 1 aromatic heterocycles. The largest absolute Gasteiger partial charge is 0.486 e. The number of carbonyl (C=O) groups excluding carboxylic acids is 1. The molecule has 3 heterocycles. The van der Waals surface area contributed by atoms with Crippen molar-refractivity contribution < 1.29 is 27.1 Å². The summed E-state index contributed by atoms with van der Waals surface area (Å²) in [7, 11) is -3.75. The number of tetrazole rings is 1. The van der Waals surface area contributed by atoms with E-state index in [-0.39, 0.29) is 49.4 Å². The van der Waals surface area contributed by atoms with Gasteiger partial charge in [0.25, 0.3) is 0 Å². The first-order valence-corrected chi connectivity index (χ1v) is 12.1. The van der Waals surface area contributed by atoms with Gasteiger partial charge in [0.05, 0.1) is 4.90 Å². The van der Waals surface area contributed by atoms with Crippen LogP contribution >= 0.6 is 0 Å². The van der Waals surface area contributed by atoms with Crippen LogP contribution in [0.15, 0.2) is 47.4 Å². The second-order valence-corrected chi connectivity index (χ2v) is 9.68. The van der Waals surface area contributed by atoms with Crippen LogP contribution in [0.3, 0.4) is 0 Å². The van der Waals surface area contributed by atoms with Crippen LogP contribution in [0.5, 0.6) is 11.5 Å². The van der Waals surface area contributed by atoms with Crippen molar-refractivity contribution in [2.45, 2.75) is 11.4 Å². The van der Waals surface area contributed by atoms with E-state index in [1.165, 1.54) is 34.6 Å². The minimum atomic E-state index is -3.75. The molecule has 11 nitrogen and oxygen atoms in total. The van der Waals surface area contributed by atoms with Crippen LogP contribution in [0, 0.1) is 5.82 Å². The van der Waals surface area contributed by atoms with Gasteiger partial charge in [0.2, 0.25) is 21.8 Å². The Morgan fingerprint density at radius 3 is 2.53 bits per heavy atom.